The lowest BCUT2D eigenvalue weighted by Gasteiger charge is -2.22. The third-order valence-corrected chi connectivity index (χ3v) is 6.14. The number of halogens is 2. The summed E-state index contributed by atoms with van der Waals surface area (Å²) in [5.74, 6) is -1.15. The summed E-state index contributed by atoms with van der Waals surface area (Å²) in [5, 5.41) is 2.47. The Morgan fingerprint density at radius 2 is 1.64 bits per heavy atom. The predicted molar refractivity (Wildman–Crippen MR) is 108 cm³/mol. The number of hydrogen-bond donors (Lipinski definition) is 1. The van der Waals surface area contributed by atoms with Crippen LogP contribution in [0.2, 0.25) is 5.02 Å². The maximum atomic E-state index is 13.3. The van der Waals surface area contributed by atoms with E-state index in [1.165, 1.54) is 43.4 Å². The van der Waals surface area contributed by atoms with Crippen molar-refractivity contribution in [3.63, 3.8) is 0 Å². The normalized spacial score (nSPS) is 11.1. The van der Waals surface area contributed by atoms with Gasteiger partial charge in [-0.3, -0.25) is 9.10 Å². The van der Waals surface area contributed by atoms with E-state index in [2.05, 4.69) is 5.32 Å². The molecule has 0 bridgehead atoms. The van der Waals surface area contributed by atoms with Crippen molar-refractivity contribution < 1.29 is 17.6 Å². The molecule has 144 valence electrons. The van der Waals surface area contributed by atoms with Crippen LogP contribution in [0.3, 0.4) is 0 Å². The van der Waals surface area contributed by atoms with Gasteiger partial charge in [0.15, 0.2) is 0 Å². The van der Waals surface area contributed by atoms with Crippen LogP contribution in [0.4, 0.5) is 15.8 Å². The molecule has 0 unspecified atom stereocenters. The number of benzene rings is 3. The minimum absolute atomic E-state index is 0.109. The molecule has 8 heteroatoms. The van der Waals surface area contributed by atoms with E-state index < -0.39 is 21.7 Å². The first-order valence-corrected chi connectivity index (χ1v) is 10.0. The Morgan fingerprint density at radius 3 is 2.32 bits per heavy atom. The fraction of sp³-hybridized carbons (Fsp3) is 0.0500. The summed E-state index contributed by atoms with van der Waals surface area (Å²) in [6, 6.07) is 18.0. The van der Waals surface area contributed by atoms with Gasteiger partial charge >= 0.3 is 0 Å². The van der Waals surface area contributed by atoms with Gasteiger partial charge < -0.3 is 5.32 Å². The number of sulfonamides is 1. The SMILES string of the molecule is CN(c1ccccc1C(=O)Nc1ccc(F)c(Cl)c1)S(=O)(=O)c1ccccc1. The molecule has 1 amide bonds. The summed E-state index contributed by atoms with van der Waals surface area (Å²) in [5.41, 5.74) is 0.641. The van der Waals surface area contributed by atoms with Crippen LogP contribution in [0.5, 0.6) is 0 Å². The molecule has 0 saturated heterocycles. The molecule has 0 fully saturated rings. The van der Waals surface area contributed by atoms with E-state index in [1.807, 2.05) is 0 Å². The monoisotopic (exact) mass is 418 g/mol. The lowest BCUT2D eigenvalue weighted by Crippen LogP contribution is -2.29. The third kappa shape index (κ3) is 4.00. The number of amides is 1. The average Bonchev–Trinajstić information content (AvgIpc) is 2.70. The molecule has 3 aromatic carbocycles. The molecule has 5 nitrogen and oxygen atoms in total. The number of carbonyl (C=O) groups excluding carboxylic acids is 1. The first-order chi connectivity index (χ1) is 13.3. The second-order valence-electron chi connectivity index (χ2n) is 5.89. The second-order valence-corrected chi connectivity index (χ2v) is 8.26. The molecule has 0 spiro atoms. The molecule has 0 aliphatic rings. The quantitative estimate of drug-likeness (QED) is 0.660. The van der Waals surface area contributed by atoms with Gasteiger partial charge in [-0.05, 0) is 42.5 Å². The van der Waals surface area contributed by atoms with Crippen LogP contribution in [0.15, 0.2) is 77.7 Å². The van der Waals surface area contributed by atoms with Crippen molar-refractivity contribution in [3.8, 4) is 0 Å². The Bertz CT molecular complexity index is 1120. The lowest BCUT2D eigenvalue weighted by atomic mass is 10.1. The Kier molecular flexibility index (Phi) is 5.67. The molecule has 3 rings (SSSR count). The van der Waals surface area contributed by atoms with E-state index in [-0.39, 0.29) is 21.2 Å². The van der Waals surface area contributed by atoms with Crippen LogP contribution in [-0.4, -0.2) is 21.4 Å². The smallest absolute Gasteiger partial charge is 0.264 e. The summed E-state index contributed by atoms with van der Waals surface area (Å²) in [6.45, 7) is 0. The van der Waals surface area contributed by atoms with Gasteiger partial charge in [0.05, 0.1) is 21.2 Å². The summed E-state index contributed by atoms with van der Waals surface area (Å²) in [6.07, 6.45) is 0. The van der Waals surface area contributed by atoms with Gasteiger partial charge in [-0.1, -0.05) is 41.9 Å². The zero-order valence-corrected chi connectivity index (χ0v) is 16.3. The molecule has 0 aromatic heterocycles. The second kappa shape index (κ2) is 8.00. The third-order valence-electron chi connectivity index (χ3n) is 4.07. The minimum atomic E-state index is -3.85. The van der Waals surface area contributed by atoms with Crippen LogP contribution in [0.25, 0.3) is 0 Å². The van der Waals surface area contributed by atoms with Crippen LogP contribution in [-0.2, 0) is 10.0 Å². The number of rotatable bonds is 5. The summed E-state index contributed by atoms with van der Waals surface area (Å²) in [7, 11) is -2.47. The van der Waals surface area contributed by atoms with Crippen molar-refractivity contribution >= 4 is 38.9 Å². The van der Waals surface area contributed by atoms with E-state index >= 15 is 0 Å². The maximum Gasteiger partial charge on any atom is 0.264 e. The summed E-state index contributed by atoms with van der Waals surface area (Å²) >= 11 is 5.74. The average molecular weight is 419 g/mol. The minimum Gasteiger partial charge on any atom is -0.322 e. The summed E-state index contributed by atoms with van der Waals surface area (Å²) in [4.78, 5) is 12.8. The fourth-order valence-electron chi connectivity index (χ4n) is 2.59. The first kappa shape index (κ1) is 19.9. The topological polar surface area (TPSA) is 66.5 Å². The molecule has 0 radical (unpaired) electrons. The Labute approximate surface area is 167 Å². The molecule has 28 heavy (non-hydrogen) atoms. The van der Waals surface area contributed by atoms with Crippen molar-refractivity contribution in [1.29, 1.82) is 0 Å². The van der Waals surface area contributed by atoms with Gasteiger partial charge in [0.1, 0.15) is 5.82 Å². The summed E-state index contributed by atoms with van der Waals surface area (Å²) < 4.78 is 40.1. The van der Waals surface area contributed by atoms with Gasteiger partial charge in [-0.15, -0.1) is 0 Å². The number of para-hydroxylation sites is 1. The molecule has 0 aliphatic carbocycles. The molecule has 3 aromatic rings. The van der Waals surface area contributed by atoms with Gasteiger partial charge in [0, 0.05) is 12.7 Å². The van der Waals surface area contributed by atoms with E-state index in [4.69, 9.17) is 11.6 Å². The Morgan fingerprint density at radius 1 is 1.00 bits per heavy atom. The van der Waals surface area contributed by atoms with E-state index in [0.717, 1.165) is 10.4 Å². The molecular formula is C20H16ClFN2O3S. The number of anilines is 2. The largest absolute Gasteiger partial charge is 0.322 e. The maximum absolute atomic E-state index is 13.3. The first-order valence-electron chi connectivity index (χ1n) is 8.20. The highest BCUT2D eigenvalue weighted by atomic mass is 35.5. The van der Waals surface area contributed by atoms with Crippen molar-refractivity contribution in [3.05, 3.63) is 89.2 Å². The van der Waals surface area contributed by atoms with Crippen LogP contribution >= 0.6 is 11.6 Å². The predicted octanol–water partition coefficient (Wildman–Crippen LogP) is 4.56. The number of carbonyl (C=O) groups is 1. The van der Waals surface area contributed by atoms with Gasteiger partial charge in [-0.2, -0.15) is 0 Å². The van der Waals surface area contributed by atoms with Gasteiger partial charge in [0.25, 0.3) is 15.9 Å². The number of nitrogens with zero attached hydrogens (tertiary/aromatic N) is 1. The van der Waals surface area contributed by atoms with E-state index in [1.54, 1.807) is 30.3 Å². The molecule has 1 N–H and O–H groups in total. The highest BCUT2D eigenvalue weighted by molar-refractivity contribution is 7.92. The number of hydrogen-bond acceptors (Lipinski definition) is 3. The van der Waals surface area contributed by atoms with Crippen molar-refractivity contribution in [1.82, 2.24) is 0 Å². The van der Waals surface area contributed by atoms with Crippen LogP contribution in [0.1, 0.15) is 10.4 Å². The standard InChI is InChI=1S/C20H16ClFN2O3S/c1-24(28(26,27)15-7-3-2-4-8-15)19-10-6-5-9-16(19)20(25)23-14-11-12-18(22)17(21)13-14/h2-13H,1H3,(H,23,25). The van der Waals surface area contributed by atoms with E-state index in [9.17, 15) is 17.6 Å². The Hall–Kier alpha value is -2.90. The van der Waals surface area contributed by atoms with Gasteiger partial charge in [-0.25, -0.2) is 12.8 Å². The zero-order chi connectivity index (χ0) is 20.3. The fourth-order valence-corrected chi connectivity index (χ4v) is 4.01. The van der Waals surface area contributed by atoms with Crippen LogP contribution < -0.4 is 9.62 Å². The molecule has 0 aliphatic heterocycles. The molecule has 0 heterocycles. The van der Waals surface area contributed by atoms with Crippen molar-refractivity contribution in [2.45, 2.75) is 4.90 Å². The molecule has 0 saturated carbocycles. The molecule has 0 atom stereocenters. The highest BCUT2D eigenvalue weighted by Crippen LogP contribution is 2.27. The highest BCUT2D eigenvalue weighted by Gasteiger charge is 2.25. The Balaban J connectivity index is 1.94. The molecular weight excluding hydrogens is 403 g/mol. The van der Waals surface area contributed by atoms with Crippen LogP contribution in [0, 0.1) is 5.82 Å². The van der Waals surface area contributed by atoms with Gasteiger partial charge in [0.2, 0.25) is 0 Å². The lowest BCUT2D eigenvalue weighted by molar-refractivity contribution is 0.102. The van der Waals surface area contributed by atoms with Crippen molar-refractivity contribution in [2.75, 3.05) is 16.7 Å². The van der Waals surface area contributed by atoms with E-state index in [0.29, 0.717) is 5.69 Å². The number of nitrogens with one attached hydrogen (secondary N) is 1. The van der Waals surface area contributed by atoms with Crippen molar-refractivity contribution in [2.24, 2.45) is 0 Å². The zero-order valence-electron chi connectivity index (χ0n) is 14.8.